The second-order valence-corrected chi connectivity index (χ2v) is 8.16. The average molecular weight is 361 g/mol. The van der Waals surface area contributed by atoms with Gasteiger partial charge in [0.1, 0.15) is 17.8 Å². The van der Waals surface area contributed by atoms with E-state index in [1.54, 1.807) is 19.3 Å². The van der Waals surface area contributed by atoms with E-state index in [2.05, 4.69) is 20.3 Å². The summed E-state index contributed by atoms with van der Waals surface area (Å²) in [5.74, 6) is 0.322. The zero-order valence-corrected chi connectivity index (χ0v) is 14.6. The molecule has 0 bridgehead atoms. The lowest BCUT2D eigenvalue weighted by atomic mass is 10.2. The number of sulfone groups is 1. The number of anilines is 1. The molecule has 8 nitrogen and oxygen atoms in total. The van der Waals surface area contributed by atoms with Gasteiger partial charge < -0.3 is 10.2 Å². The van der Waals surface area contributed by atoms with Crippen LogP contribution in [0.4, 0.5) is 5.82 Å². The summed E-state index contributed by atoms with van der Waals surface area (Å²) < 4.78 is 23.2. The molecule has 1 aliphatic heterocycles. The van der Waals surface area contributed by atoms with E-state index >= 15 is 0 Å². The Morgan fingerprint density at radius 3 is 2.84 bits per heavy atom. The number of hydrogen-bond acceptors (Lipinski definition) is 7. The van der Waals surface area contributed by atoms with Crippen molar-refractivity contribution in [2.75, 3.05) is 23.9 Å². The summed E-state index contributed by atoms with van der Waals surface area (Å²) in [7, 11) is -1.44. The predicted octanol–water partition coefficient (Wildman–Crippen LogP) is 0.743. The Kier molecular flexibility index (Phi) is 4.93. The molecule has 1 fully saturated rings. The number of nitrogens with one attached hydrogen (secondary N) is 1. The Balaban J connectivity index is 1.67. The molecule has 0 saturated carbocycles. The monoisotopic (exact) mass is 361 g/mol. The van der Waals surface area contributed by atoms with Crippen LogP contribution in [0.25, 0.3) is 0 Å². The Bertz CT molecular complexity index is 857. The first kappa shape index (κ1) is 17.3. The Morgan fingerprint density at radius 2 is 2.16 bits per heavy atom. The molecule has 1 saturated heterocycles. The fourth-order valence-electron chi connectivity index (χ4n) is 2.68. The number of pyridine rings is 1. The first-order valence-electron chi connectivity index (χ1n) is 7.88. The highest BCUT2D eigenvalue weighted by atomic mass is 32.2. The van der Waals surface area contributed by atoms with Gasteiger partial charge in [-0.05, 0) is 18.6 Å². The highest BCUT2D eigenvalue weighted by molar-refractivity contribution is 7.91. The molecule has 132 valence electrons. The van der Waals surface area contributed by atoms with Crippen LogP contribution in [0.2, 0.25) is 0 Å². The second kappa shape index (κ2) is 7.14. The molecule has 1 aliphatic rings. The topological polar surface area (TPSA) is 105 Å². The van der Waals surface area contributed by atoms with Gasteiger partial charge in [0.05, 0.1) is 23.7 Å². The summed E-state index contributed by atoms with van der Waals surface area (Å²) in [5, 5.41) is 3.10. The molecule has 0 radical (unpaired) electrons. The van der Waals surface area contributed by atoms with Crippen LogP contribution in [0.15, 0.2) is 36.8 Å². The van der Waals surface area contributed by atoms with Crippen LogP contribution < -0.4 is 5.32 Å². The fraction of sp³-hybridized carbons (Fsp3) is 0.375. The average Bonchev–Trinajstić information content (AvgIpc) is 3.00. The van der Waals surface area contributed by atoms with Crippen molar-refractivity contribution in [3.8, 4) is 0 Å². The van der Waals surface area contributed by atoms with Crippen molar-refractivity contribution in [1.82, 2.24) is 19.9 Å². The maximum atomic E-state index is 12.6. The van der Waals surface area contributed by atoms with Gasteiger partial charge in [0.25, 0.3) is 5.91 Å². The molecular weight excluding hydrogens is 342 g/mol. The molecule has 2 aromatic heterocycles. The largest absolute Gasteiger partial charge is 0.364 e. The number of aromatic nitrogens is 3. The lowest BCUT2D eigenvalue weighted by molar-refractivity contribution is 0.0741. The van der Waals surface area contributed by atoms with E-state index in [1.807, 2.05) is 18.2 Å². The molecule has 0 aromatic carbocycles. The SMILES string of the molecule is CN(C(=O)c1cc(NCc2ccccn2)ncn1)C1CCS(=O)(=O)C1. The van der Waals surface area contributed by atoms with E-state index in [-0.39, 0.29) is 29.1 Å². The minimum atomic E-state index is -3.05. The van der Waals surface area contributed by atoms with Gasteiger partial charge in [-0.2, -0.15) is 0 Å². The van der Waals surface area contributed by atoms with Crippen LogP contribution in [0, 0.1) is 0 Å². The molecule has 1 atom stereocenters. The van der Waals surface area contributed by atoms with Gasteiger partial charge in [0.15, 0.2) is 9.84 Å². The first-order valence-corrected chi connectivity index (χ1v) is 9.70. The summed E-state index contributed by atoms with van der Waals surface area (Å²) in [4.78, 5) is 26.3. The molecule has 1 N–H and O–H groups in total. The van der Waals surface area contributed by atoms with Gasteiger partial charge in [-0.1, -0.05) is 6.07 Å². The van der Waals surface area contributed by atoms with Crippen molar-refractivity contribution in [2.24, 2.45) is 0 Å². The molecule has 2 aromatic rings. The van der Waals surface area contributed by atoms with E-state index in [0.717, 1.165) is 5.69 Å². The van der Waals surface area contributed by atoms with Gasteiger partial charge in [0, 0.05) is 25.4 Å². The van der Waals surface area contributed by atoms with Crippen LogP contribution in [0.5, 0.6) is 0 Å². The molecule has 0 aliphatic carbocycles. The number of carbonyl (C=O) groups excluding carboxylic acids is 1. The highest BCUT2D eigenvalue weighted by Gasteiger charge is 2.33. The van der Waals surface area contributed by atoms with Crippen molar-refractivity contribution in [3.63, 3.8) is 0 Å². The zero-order valence-electron chi connectivity index (χ0n) is 13.8. The molecule has 0 spiro atoms. The summed E-state index contributed by atoms with van der Waals surface area (Å²) in [6, 6.07) is 6.87. The lowest BCUT2D eigenvalue weighted by Gasteiger charge is -2.23. The summed E-state index contributed by atoms with van der Waals surface area (Å²) in [6.07, 6.45) is 3.48. The van der Waals surface area contributed by atoms with Crippen molar-refractivity contribution in [2.45, 2.75) is 19.0 Å². The van der Waals surface area contributed by atoms with Crippen LogP contribution in [0.3, 0.4) is 0 Å². The third kappa shape index (κ3) is 4.30. The molecule has 1 amide bonds. The third-order valence-corrected chi connectivity index (χ3v) is 5.89. The van der Waals surface area contributed by atoms with Crippen molar-refractivity contribution in [1.29, 1.82) is 0 Å². The molecule has 3 heterocycles. The van der Waals surface area contributed by atoms with Gasteiger partial charge >= 0.3 is 0 Å². The van der Waals surface area contributed by atoms with E-state index < -0.39 is 9.84 Å². The zero-order chi connectivity index (χ0) is 17.9. The summed E-state index contributed by atoms with van der Waals surface area (Å²) in [5.41, 5.74) is 1.08. The van der Waals surface area contributed by atoms with Crippen molar-refractivity contribution < 1.29 is 13.2 Å². The minimum Gasteiger partial charge on any atom is -0.364 e. The van der Waals surface area contributed by atoms with Crippen LogP contribution >= 0.6 is 0 Å². The third-order valence-electron chi connectivity index (χ3n) is 4.14. The molecular formula is C16H19N5O3S. The maximum absolute atomic E-state index is 12.6. The Morgan fingerprint density at radius 1 is 1.32 bits per heavy atom. The van der Waals surface area contributed by atoms with Gasteiger partial charge in [-0.15, -0.1) is 0 Å². The smallest absolute Gasteiger partial charge is 0.272 e. The van der Waals surface area contributed by atoms with E-state index in [0.29, 0.717) is 18.8 Å². The van der Waals surface area contributed by atoms with Crippen molar-refractivity contribution >= 4 is 21.6 Å². The lowest BCUT2D eigenvalue weighted by Crippen LogP contribution is -2.38. The maximum Gasteiger partial charge on any atom is 0.272 e. The summed E-state index contributed by atoms with van der Waals surface area (Å²) >= 11 is 0. The Labute approximate surface area is 146 Å². The van der Waals surface area contributed by atoms with E-state index in [1.165, 1.54) is 11.2 Å². The standard InChI is InChI=1S/C16H19N5O3S/c1-21(13-5-7-25(23,24)10-13)16(22)14-8-15(20-11-19-14)18-9-12-4-2-3-6-17-12/h2-4,6,8,11,13H,5,7,9-10H2,1H3,(H,18,19,20). The summed E-state index contributed by atoms with van der Waals surface area (Å²) in [6.45, 7) is 0.474. The number of carbonyl (C=O) groups is 1. The van der Waals surface area contributed by atoms with Gasteiger partial charge in [0.2, 0.25) is 0 Å². The quantitative estimate of drug-likeness (QED) is 0.837. The van der Waals surface area contributed by atoms with Gasteiger partial charge in [-0.3, -0.25) is 9.78 Å². The van der Waals surface area contributed by atoms with E-state index in [4.69, 9.17) is 0 Å². The normalized spacial score (nSPS) is 18.7. The number of hydrogen-bond donors (Lipinski definition) is 1. The van der Waals surface area contributed by atoms with E-state index in [9.17, 15) is 13.2 Å². The number of rotatable bonds is 5. The fourth-order valence-corrected chi connectivity index (χ4v) is 4.46. The number of nitrogens with zero attached hydrogens (tertiary/aromatic N) is 4. The van der Waals surface area contributed by atoms with Crippen LogP contribution in [0.1, 0.15) is 22.6 Å². The van der Waals surface area contributed by atoms with Gasteiger partial charge in [-0.25, -0.2) is 18.4 Å². The second-order valence-electron chi connectivity index (χ2n) is 5.94. The molecule has 1 unspecified atom stereocenters. The minimum absolute atomic E-state index is 0.00507. The molecule has 9 heteroatoms. The Hall–Kier alpha value is -2.55. The van der Waals surface area contributed by atoms with Crippen LogP contribution in [-0.2, 0) is 16.4 Å². The molecule has 25 heavy (non-hydrogen) atoms. The highest BCUT2D eigenvalue weighted by Crippen LogP contribution is 2.18. The van der Waals surface area contributed by atoms with Crippen LogP contribution in [-0.4, -0.2) is 58.8 Å². The first-order chi connectivity index (χ1) is 11.9. The van der Waals surface area contributed by atoms with Crippen molar-refractivity contribution in [3.05, 3.63) is 48.2 Å². The predicted molar refractivity (Wildman–Crippen MR) is 92.7 cm³/mol. The molecule has 3 rings (SSSR count). The number of amides is 1.